The summed E-state index contributed by atoms with van der Waals surface area (Å²) in [6, 6.07) is 8.88. The molecule has 60 valence electrons. The van der Waals surface area contributed by atoms with Gasteiger partial charge < -0.3 is 0 Å². The summed E-state index contributed by atoms with van der Waals surface area (Å²) in [6.07, 6.45) is 0. The second-order valence-electron chi connectivity index (χ2n) is 2.14. The molecule has 0 saturated carbocycles. The zero-order valence-corrected chi connectivity index (χ0v) is 8.29. The van der Waals surface area contributed by atoms with Gasteiger partial charge in [0, 0.05) is 0 Å². The van der Waals surface area contributed by atoms with Crippen molar-refractivity contribution in [2.45, 2.75) is 5.82 Å². The topological polar surface area (TPSA) is 40.9 Å². The first-order valence-electron chi connectivity index (χ1n) is 3.37. The number of nitriles is 1. The molecule has 0 atom stereocenters. The summed E-state index contributed by atoms with van der Waals surface area (Å²) in [5, 5.41) is 8.42. The Morgan fingerprint density at radius 1 is 1.50 bits per heavy atom. The molecule has 0 N–H and O–H groups in total. The van der Waals surface area contributed by atoms with Gasteiger partial charge >= 0.3 is 77.0 Å². The predicted octanol–water partition coefficient (Wildman–Crippen LogP) is 0.770. The molecule has 0 amide bonds. The van der Waals surface area contributed by atoms with Gasteiger partial charge in [-0.15, -0.1) is 0 Å². The van der Waals surface area contributed by atoms with Crippen LogP contribution in [0, 0.1) is 11.3 Å². The van der Waals surface area contributed by atoms with Crippen LogP contribution in [0.5, 0.6) is 0 Å². The molecule has 12 heavy (non-hydrogen) atoms. The molecule has 1 rings (SSSR count). The summed E-state index contributed by atoms with van der Waals surface area (Å²) >= 11 is 0.267. The average molecular weight is 224 g/mol. The Labute approximate surface area is 77.4 Å². The fourth-order valence-corrected chi connectivity index (χ4v) is 2.14. The molecule has 0 saturated heterocycles. The number of hydrogen-bond acceptors (Lipinski definition) is 2. The Morgan fingerprint density at radius 3 is 2.75 bits per heavy atom. The average Bonchev–Trinajstić information content (AvgIpc) is 2.16. The predicted molar refractivity (Wildman–Crippen MR) is 47.6 cm³/mol. The second-order valence-corrected chi connectivity index (χ2v) is 3.92. The number of carbonyl (C=O) groups is 1. The summed E-state index contributed by atoms with van der Waals surface area (Å²) in [4.78, 5) is 11.0. The van der Waals surface area contributed by atoms with Gasteiger partial charge in [0.25, 0.3) is 0 Å². The van der Waals surface area contributed by atoms with E-state index >= 15 is 0 Å². The minimum absolute atomic E-state index is 0.267. The number of ketones is 1. The van der Waals surface area contributed by atoms with Gasteiger partial charge in [0.2, 0.25) is 0 Å². The molecule has 0 aromatic heterocycles. The molecule has 0 aliphatic heterocycles. The van der Waals surface area contributed by atoms with Crippen LogP contribution in [0.25, 0.3) is 0 Å². The molecule has 0 spiro atoms. The van der Waals surface area contributed by atoms with E-state index in [1.165, 1.54) is 0 Å². The van der Waals surface area contributed by atoms with Crippen molar-refractivity contribution in [3.8, 4) is 6.07 Å². The SMILES string of the molecule is C[Se]c1ccccc1C(=O)C#N. The third kappa shape index (κ3) is 1.73. The van der Waals surface area contributed by atoms with Gasteiger partial charge in [-0.1, -0.05) is 0 Å². The Morgan fingerprint density at radius 2 is 2.17 bits per heavy atom. The molecular weight excluding hydrogens is 217 g/mol. The molecule has 0 fully saturated rings. The Kier molecular flexibility index (Phi) is 3.04. The number of benzene rings is 1. The van der Waals surface area contributed by atoms with Crippen molar-refractivity contribution < 1.29 is 4.79 Å². The third-order valence-corrected chi connectivity index (χ3v) is 3.12. The van der Waals surface area contributed by atoms with Crippen LogP contribution in [0.3, 0.4) is 0 Å². The number of carbonyl (C=O) groups excluding carboxylic acids is 1. The normalized spacial score (nSPS) is 9.00. The van der Waals surface area contributed by atoms with E-state index in [2.05, 4.69) is 0 Å². The van der Waals surface area contributed by atoms with Gasteiger partial charge in [0.05, 0.1) is 0 Å². The van der Waals surface area contributed by atoms with Crippen molar-refractivity contribution >= 4 is 25.2 Å². The quantitative estimate of drug-likeness (QED) is 0.423. The van der Waals surface area contributed by atoms with Crippen molar-refractivity contribution in [1.29, 1.82) is 5.26 Å². The van der Waals surface area contributed by atoms with Crippen molar-refractivity contribution in [2.75, 3.05) is 0 Å². The van der Waals surface area contributed by atoms with Gasteiger partial charge in [0.15, 0.2) is 0 Å². The number of nitrogens with zero attached hydrogens (tertiary/aromatic N) is 1. The fraction of sp³-hybridized carbons (Fsp3) is 0.111. The first-order chi connectivity index (χ1) is 5.79. The summed E-state index contributed by atoms with van der Waals surface area (Å²) in [5.74, 6) is 1.59. The Balaban J connectivity index is 3.15. The second kappa shape index (κ2) is 4.06. The number of hydrogen-bond donors (Lipinski definition) is 0. The van der Waals surface area contributed by atoms with E-state index in [1.807, 2.05) is 18.0 Å². The van der Waals surface area contributed by atoms with E-state index in [4.69, 9.17) is 5.26 Å². The first kappa shape index (κ1) is 8.99. The van der Waals surface area contributed by atoms with E-state index < -0.39 is 5.78 Å². The maximum absolute atomic E-state index is 11.0. The molecule has 0 heterocycles. The standard InChI is InChI=1S/C9H7NOSe/c1-12-9-5-3-2-4-7(9)8(11)6-10/h2-5H,1H3. The Bertz CT molecular complexity index is 341. The van der Waals surface area contributed by atoms with Crippen molar-refractivity contribution in [2.24, 2.45) is 0 Å². The molecule has 2 nitrogen and oxygen atoms in total. The molecular formula is C9H7NOSe. The van der Waals surface area contributed by atoms with Crippen molar-refractivity contribution in [1.82, 2.24) is 0 Å². The number of Topliss-reactive ketones (excluding diaryl/α,β-unsaturated/α-hetero) is 1. The van der Waals surface area contributed by atoms with Crippen LogP contribution in [0.4, 0.5) is 0 Å². The zero-order chi connectivity index (χ0) is 8.97. The van der Waals surface area contributed by atoms with Crippen LogP contribution in [0.15, 0.2) is 24.3 Å². The molecule has 0 aliphatic rings. The molecule has 3 heteroatoms. The van der Waals surface area contributed by atoms with Crippen LogP contribution >= 0.6 is 0 Å². The fourth-order valence-electron chi connectivity index (χ4n) is 0.892. The van der Waals surface area contributed by atoms with Gasteiger partial charge in [-0.25, -0.2) is 0 Å². The van der Waals surface area contributed by atoms with E-state index in [0.29, 0.717) is 5.56 Å². The Hall–Kier alpha value is -1.10. The van der Waals surface area contributed by atoms with Crippen molar-refractivity contribution in [3.63, 3.8) is 0 Å². The van der Waals surface area contributed by atoms with Crippen LogP contribution < -0.4 is 4.46 Å². The van der Waals surface area contributed by atoms with Crippen molar-refractivity contribution in [3.05, 3.63) is 29.8 Å². The van der Waals surface area contributed by atoms with Crippen LogP contribution in [-0.2, 0) is 0 Å². The van der Waals surface area contributed by atoms with E-state index in [1.54, 1.807) is 18.2 Å². The summed E-state index contributed by atoms with van der Waals surface area (Å²) in [7, 11) is 0. The minimum atomic E-state index is -0.436. The van der Waals surface area contributed by atoms with E-state index in [-0.39, 0.29) is 15.0 Å². The van der Waals surface area contributed by atoms with Gasteiger partial charge in [-0.2, -0.15) is 0 Å². The number of rotatable bonds is 2. The molecule has 0 aliphatic carbocycles. The summed E-state index contributed by atoms with van der Waals surface area (Å²) < 4.78 is 0.997. The monoisotopic (exact) mass is 225 g/mol. The summed E-state index contributed by atoms with van der Waals surface area (Å²) in [6.45, 7) is 0. The first-order valence-corrected chi connectivity index (χ1v) is 5.94. The van der Waals surface area contributed by atoms with Gasteiger partial charge in [0.1, 0.15) is 0 Å². The van der Waals surface area contributed by atoms with Crippen LogP contribution in [0.2, 0.25) is 5.82 Å². The van der Waals surface area contributed by atoms with Gasteiger partial charge in [-0.05, 0) is 0 Å². The van der Waals surface area contributed by atoms with E-state index in [0.717, 1.165) is 4.46 Å². The summed E-state index contributed by atoms with van der Waals surface area (Å²) in [5.41, 5.74) is 0.558. The van der Waals surface area contributed by atoms with Crippen LogP contribution in [-0.4, -0.2) is 20.7 Å². The molecule has 1 aromatic rings. The molecule has 0 radical (unpaired) electrons. The third-order valence-electron chi connectivity index (χ3n) is 1.45. The molecule has 0 unspecified atom stereocenters. The van der Waals surface area contributed by atoms with E-state index in [9.17, 15) is 4.79 Å². The molecule has 1 aromatic carbocycles. The van der Waals surface area contributed by atoms with Crippen LogP contribution in [0.1, 0.15) is 10.4 Å². The molecule has 0 bridgehead atoms. The zero-order valence-electron chi connectivity index (χ0n) is 6.57. The van der Waals surface area contributed by atoms with Gasteiger partial charge in [-0.3, -0.25) is 0 Å². The maximum atomic E-state index is 11.0.